The summed E-state index contributed by atoms with van der Waals surface area (Å²) in [6.07, 6.45) is 0. The lowest BCUT2D eigenvalue weighted by Crippen LogP contribution is -2.45. The van der Waals surface area contributed by atoms with E-state index in [1.807, 2.05) is 33.0 Å². The number of likely N-dealkylation sites (N-methyl/N-ethyl adjacent to an activating group) is 1. The van der Waals surface area contributed by atoms with E-state index in [-0.39, 0.29) is 17.7 Å². The Balaban J connectivity index is 3.12. The second kappa shape index (κ2) is 6.33. The van der Waals surface area contributed by atoms with Crippen molar-refractivity contribution in [3.63, 3.8) is 0 Å². The number of aliphatic hydroxyl groups excluding tert-OH is 1. The maximum absolute atomic E-state index is 9.57. The molecule has 0 aliphatic carbocycles. The molecule has 0 spiro atoms. The lowest BCUT2D eigenvalue weighted by molar-refractivity contribution is 0.216. The largest absolute Gasteiger partial charge is 0.394 e. The van der Waals surface area contributed by atoms with Crippen LogP contribution in [0.3, 0.4) is 0 Å². The number of aliphatic hydroxyl groups is 1. The number of anilines is 1. The summed E-state index contributed by atoms with van der Waals surface area (Å²) in [7, 11) is 1.97. The van der Waals surface area contributed by atoms with Crippen LogP contribution in [0.4, 0.5) is 5.69 Å². The monoisotopic (exact) mass is 298 g/mol. The zero-order chi connectivity index (χ0) is 15.6. The van der Waals surface area contributed by atoms with Crippen LogP contribution in [0.15, 0.2) is 18.2 Å². The summed E-state index contributed by atoms with van der Waals surface area (Å²) in [5.74, 6) is 0. The molecule has 0 saturated carbocycles. The van der Waals surface area contributed by atoms with Gasteiger partial charge in [0.05, 0.1) is 22.9 Å². The van der Waals surface area contributed by atoms with Gasteiger partial charge >= 0.3 is 0 Å². The van der Waals surface area contributed by atoms with Crippen LogP contribution in [0.1, 0.15) is 40.2 Å². The van der Waals surface area contributed by atoms with E-state index in [0.29, 0.717) is 5.02 Å². The quantitative estimate of drug-likeness (QED) is 0.874. The molecule has 0 aromatic heterocycles. The minimum atomic E-state index is -0.360. The van der Waals surface area contributed by atoms with E-state index in [1.54, 1.807) is 0 Å². The maximum Gasteiger partial charge on any atom is 0.0658 e. The Hall–Kier alpha value is -0.770. The predicted octanol–water partition coefficient (Wildman–Crippen LogP) is 3.44. The Morgan fingerprint density at radius 2 is 1.80 bits per heavy atom. The average molecular weight is 299 g/mol. The van der Waals surface area contributed by atoms with Crippen molar-refractivity contribution in [1.29, 1.82) is 0 Å². The highest BCUT2D eigenvalue weighted by Gasteiger charge is 2.26. The van der Waals surface area contributed by atoms with Crippen LogP contribution in [-0.4, -0.2) is 29.8 Å². The number of hydrogen-bond donors (Lipinski definition) is 2. The summed E-state index contributed by atoms with van der Waals surface area (Å²) >= 11 is 6.39. The third-order valence-corrected chi connectivity index (χ3v) is 3.81. The molecule has 1 aromatic rings. The number of nitrogens with zero attached hydrogens (tertiary/aromatic N) is 1. The van der Waals surface area contributed by atoms with Crippen LogP contribution in [0.25, 0.3) is 0 Å². The molecule has 114 valence electrons. The van der Waals surface area contributed by atoms with Gasteiger partial charge in [0.15, 0.2) is 0 Å². The van der Waals surface area contributed by atoms with Gasteiger partial charge in [-0.3, -0.25) is 0 Å². The van der Waals surface area contributed by atoms with Gasteiger partial charge in [-0.2, -0.15) is 0 Å². The van der Waals surface area contributed by atoms with Crippen molar-refractivity contribution in [2.75, 3.05) is 18.6 Å². The zero-order valence-corrected chi connectivity index (χ0v) is 14.2. The molecule has 0 radical (unpaired) electrons. The smallest absolute Gasteiger partial charge is 0.0658 e. The van der Waals surface area contributed by atoms with Gasteiger partial charge in [0.25, 0.3) is 0 Å². The molecular formula is C16H27ClN2O. The molecule has 0 fully saturated rings. The molecule has 1 aromatic carbocycles. The number of nitrogens with one attached hydrogen (secondary N) is 1. The second-order valence-corrected chi connectivity index (χ2v) is 7.29. The molecule has 0 heterocycles. The van der Waals surface area contributed by atoms with E-state index in [0.717, 1.165) is 17.8 Å². The van der Waals surface area contributed by atoms with E-state index in [9.17, 15) is 5.11 Å². The lowest BCUT2D eigenvalue weighted by Gasteiger charge is -2.38. The Kier molecular flexibility index (Phi) is 5.47. The summed E-state index contributed by atoms with van der Waals surface area (Å²) in [6, 6.07) is 5.93. The summed E-state index contributed by atoms with van der Waals surface area (Å²) in [5, 5.41) is 13.8. The topological polar surface area (TPSA) is 35.5 Å². The van der Waals surface area contributed by atoms with Gasteiger partial charge in [0.2, 0.25) is 0 Å². The maximum atomic E-state index is 9.57. The van der Waals surface area contributed by atoms with E-state index >= 15 is 0 Å². The van der Waals surface area contributed by atoms with Crippen molar-refractivity contribution in [3.8, 4) is 0 Å². The molecule has 0 atom stereocenters. The zero-order valence-electron chi connectivity index (χ0n) is 13.4. The van der Waals surface area contributed by atoms with Crippen LogP contribution >= 0.6 is 11.6 Å². The number of para-hydroxylation sites is 1. The first-order chi connectivity index (χ1) is 9.08. The molecule has 0 aliphatic rings. The molecule has 0 unspecified atom stereocenters. The van der Waals surface area contributed by atoms with Crippen LogP contribution in [-0.2, 0) is 6.54 Å². The van der Waals surface area contributed by atoms with Crippen molar-refractivity contribution in [3.05, 3.63) is 28.8 Å². The number of halogens is 1. The van der Waals surface area contributed by atoms with Crippen molar-refractivity contribution < 1.29 is 5.11 Å². The minimum absolute atomic E-state index is 0.0463. The van der Waals surface area contributed by atoms with Gasteiger partial charge in [-0.15, -0.1) is 0 Å². The number of hydrogen-bond acceptors (Lipinski definition) is 3. The average Bonchev–Trinajstić information content (AvgIpc) is 2.34. The highest BCUT2D eigenvalue weighted by atomic mass is 35.5. The second-order valence-electron chi connectivity index (χ2n) is 6.88. The predicted molar refractivity (Wildman–Crippen MR) is 87.6 cm³/mol. The molecule has 1 rings (SSSR count). The van der Waals surface area contributed by atoms with Crippen LogP contribution in [0.2, 0.25) is 5.02 Å². The summed E-state index contributed by atoms with van der Waals surface area (Å²) in [5.41, 5.74) is 1.80. The highest BCUT2D eigenvalue weighted by molar-refractivity contribution is 6.33. The first kappa shape index (κ1) is 17.3. The molecule has 2 N–H and O–H groups in total. The SMILES string of the molecule is CN(c1c(Cl)cccc1CNC(C)(C)C)C(C)(C)CO. The van der Waals surface area contributed by atoms with Crippen LogP contribution in [0, 0.1) is 0 Å². The van der Waals surface area contributed by atoms with Gasteiger partial charge in [-0.25, -0.2) is 0 Å². The Morgan fingerprint density at radius 3 is 2.30 bits per heavy atom. The third-order valence-electron chi connectivity index (χ3n) is 3.51. The van der Waals surface area contributed by atoms with Gasteiger partial charge in [-0.1, -0.05) is 23.7 Å². The van der Waals surface area contributed by atoms with E-state index in [2.05, 4.69) is 37.1 Å². The fraction of sp³-hybridized carbons (Fsp3) is 0.625. The summed E-state index contributed by atoms with van der Waals surface area (Å²) in [6.45, 7) is 11.2. The lowest BCUT2D eigenvalue weighted by atomic mass is 10.0. The Bertz CT molecular complexity index is 452. The fourth-order valence-corrected chi connectivity index (χ4v) is 2.17. The Labute approximate surface area is 127 Å². The molecular weight excluding hydrogens is 272 g/mol. The van der Waals surface area contributed by atoms with Crippen molar-refractivity contribution >= 4 is 17.3 Å². The first-order valence-corrected chi connectivity index (χ1v) is 7.33. The summed E-state index contributed by atoms with van der Waals surface area (Å²) < 4.78 is 0. The van der Waals surface area contributed by atoms with E-state index < -0.39 is 0 Å². The molecule has 3 nitrogen and oxygen atoms in total. The molecule has 20 heavy (non-hydrogen) atoms. The van der Waals surface area contributed by atoms with Crippen molar-refractivity contribution in [1.82, 2.24) is 5.32 Å². The fourth-order valence-electron chi connectivity index (χ4n) is 1.85. The molecule has 0 bridgehead atoms. The van der Waals surface area contributed by atoms with Crippen LogP contribution < -0.4 is 10.2 Å². The summed E-state index contributed by atoms with van der Waals surface area (Å²) in [4.78, 5) is 2.05. The molecule has 0 aliphatic heterocycles. The van der Waals surface area contributed by atoms with Crippen molar-refractivity contribution in [2.45, 2.75) is 52.2 Å². The molecule has 0 amide bonds. The normalized spacial score (nSPS) is 12.6. The van der Waals surface area contributed by atoms with Gasteiger partial charge in [0.1, 0.15) is 0 Å². The molecule has 4 heteroatoms. The first-order valence-electron chi connectivity index (χ1n) is 6.95. The van der Waals surface area contributed by atoms with Gasteiger partial charge in [-0.05, 0) is 46.2 Å². The number of rotatable bonds is 5. The van der Waals surface area contributed by atoms with E-state index in [1.165, 1.54) is 0 Å². The number of benzene rings is 1. The standard InChI is InChI=1S/C16H27ClN2O/c1-15(2,3)18-10-12-8-7-9-13(17)14(12)19(6)16(4,5)11-20/h7-9,18,20H,10-11H2,1-6H3. The van der Waals surface area contributed by atoms with Gasteiger partial charge < -0.3 is 15.3 Å². The van der Waals surface area contributed by atoms with Crippen LogP contribution in [0.5, 0.6) is 0 Å². The highest BCUT2D eigenvalue weighted by Crippen LogP contribution is 2.33. The Morgan fingerprint density at radius 1 is 1.20 bits per heavy atom. The third kappa shape index (κ3) is 4.37. The van der Waals surface area contributed by atoms with Gasteiger partial charge in [0, 0.05) is 19.1 Å². The van der Waals surface area contributed by atoms with Crippen molar-refractivity contribution in [2.24, 2.45) is 0 Å². The van der Waals surface area contributed by atoms with E-state index in [4.69, 9.17) is 11.6 Å². The minimum Gasteiger partial charge on any atom is -0.394 e. The molecule has 0 saturated heterocycles.